The summed E-state index contributed by atoms with van der Waals surface area (Å²) >= 11 is 5.71. The van der Waals surface area contributed by atoms with Crippen molar-refractivity contribution in [3.63, 3.8) is 0 Å². The van der Waals surface area contributed by atoms with Crippen molar-refractivity contribution in [3.05, 3.63) is 69.7 Å². The Balaban J connectivity index is 0.000000245. The van der Waals surface area contributed by atoms with Gasteiger partial charge in [-0.2, -0.15) is 5.26 Å². The Hall–Kier alpha value is -2.31. The second-order valence-corrected chi connectivity index (χ2v) is 9.27. The number of rotatable bonds is 4. The molecule has 2 unspecified atom stereocenters. The minimum absolute atomic E-state index is 0.348. The van der Waals surface area contributed by atoms with Crippen LogP contribution in [0, 0.1) is 37.0 Å². The first-order valence-corrected chi connectivity index (χ1v) is 12.0. The summed E-state index contributed by atoms with van der Waals surface area (Å²) < 4.78 is 0. The molecule has 2 atom stereocenters. The standard InChI is InChI=1S/C11H21NO.C9H12.C8H6ClN/c1-5-9(4)10-6-11(13)12(7-10)8(2)3;1-3-9-7-5-4-6-8(9)2;1-6-2-3-7(5-10)8(9)4-6/h8-10H,5-7H2,1-4H3;4-7H,3H2,1-2H3;2-4H,1H3. The van der Waals surface area contributed by atoms with E-state index in [1.165, 1.54) is 17.5 Å². The summed E-state index contributed by atoms with van der Waals surface area (Å²) in [5.41, 5.74) is 4.47. The lowest BCUT2D eigenvalue weighted by Gasteiger charge is -2.22. The van der Waals surface area contributed by atoms with Crippen molar-refractivity contribution in [2.75, 3.05) is 6.54 Å². The lowest BCUT2D eigenvalue weighted by molar-refractivity contribution is -0.129. The highest BCUT2D eigenvalue weighted by Crippen LogP contribution is 2.28. The first-order chi connectivity index (χ1) is 15.1. The summed E-state index contributed by atoms with van der Waals surface area (Å²) in [7, 11) is 0. The van der Waals surface area contributed by atoms with E-state index in [-0.39, 0.29) is 0 Å². The fourth-order valence-electron chi connectivity index (χ4n) is 3.69. The lowest BCUT2D eigenvalue weighted by atomic mass is 9.91. The molecule has 1 saturated heterocycles. The van der Waals surface area contributed by atoms with Gasteiger partial charge in [0.15, 0.2) is 0 Å². The van der Waals surface area contributed by atoms with Crippen LogP contribution in [0.1, 0.15) is 69.7 Å². The van der Waals surface area contributed by atoms with Gasteiger partial charge in [-0.15, -0.1) is 0 Å². The third-order valence-corrected chi connectivity index (χ3v) is 6.46. The molecule has 1 aliphatic rings. The number of carbonyl (C=O) groups is 1. The smallest absolute Gasteiger partial charge is 0.223 e. The quantitative estimate of drug-likeness (QED) is 0.484. The number of benzene rings is 2. The normalized spacial score (nSPS) is 15.9. The number of halogens is 1. The fraction of sp³-hybridized carbons (Fsp3) is 0.500. The maximum Gasteiger partial charge on any atom is 0.223 e. The molecule has 1 aliphatic heterocycles. The molecule has 0 bridgehead atoms. The first-order valence-electron chi connectivity index (χ1n) is 11.6. The van der Waals surface area contributed by atoms with Crippen LogP contribution >= 0.6 is 11.6 Å². The molecule has 2 aromatic rings. The molecule has 0 saturated carbocycles. The molecular weight excluding hydrogens is 416 g/mol. The van der Waals surface area contributed by atoms with Crippen molar-refractivity contribution >= 4 is 17.5 Å². The lowest BCUT2D eigenvalue weighted by Crippen LogP contribution is -2.32. The molecule has 2 aromatic carbocycles. The summed E-state index contributed by atoms with van der Waals surface area (Å²) in [4.78, 5) is 13.6. The van der Waals surface area contributed by atoms with Gasteiger partial charge in [0.05, 0.1) is 10.6 Å². The number of carbonyl (C=O) groups excluding carboxylic acids is 1. The van der Waals surface area contributed by atoms with Gasteiger partial charge in [0, 0.05) is 19.0 Å². The van der Waals surface area contributed by atoms with Crippen molar-refractivity contribution < 1.29 is 4.79 Å². The second-order valence-electron chi connectivity index (χ2n) is 8.86. The molecule has 174 valence electrons. The van der Waals surface area contributed by atoms with E-state index in [4.69, 9.17) is 16.9 Å². The van der Waals surface area contributed by atoms with E-state index in [9.17, 15) is 4.79 Å². The average Bonchev–Trinajstić information content (AvgIpc) is 3.16. The van der Waals surface area contributed by atoms with Gasteiger partial charge in [0.25, 0.3) is 0 Å². The molecule has 32 heavy (non-hydrogen) atoms. The molecule has 0 N–H and O–H groups in total. The molecule has 1 amide bonds. The third kappa shape index (κ3) is 8.67. The Kier molecular flexibility index (Phi) is 12.1. The number of amides is 1. The molecule has 1 heterocycles. The van der Waals surface area contributed by atoms with Crippen LogP contribution in [0.15, 0.2) is 42.5 Å². The molecule has 3 nitrogen and oxygen atoms in total. The largest absolute Gasteiger partial charge is 0.340 e. The first kappa shape index (κ1) is 27.7. The fourth-order valence-corrected chi connectivity index (χ4v) is 3.97. The van der Waals surface area contributed by atoms with Crippen molar-refractivity contribution in [2.24, 2.45) is 11.8 Å². The molecule has 0 radical (unpaired) electrons. The van der Waals surface area contributed by atoms with Gasteiger partial charge in [0.2, 0.25) is 5.91 Å². The Morgan fingerprint density at radius 3 is 2.22 bits per heavy atom. The highest BCUT2D eigenvalue weighted by molar-refractivity contribution is 6.31. The summed E-state index contributed by atoms with van der Waals surface area (Å²) in [5, 5.41) is 9.00. The van der Waals surface area contributed by atoms with E-state index in [1.54, 1.807) is 12.1 Å². The van der Waals surface area contributed by atoms with E-state index in [0.29, 0.717) is 34.4 Å². The highest BCUT2D eigenvalue weighted by atomic mass is 35.5. The second kappa shape index (κ2) is 14.0. The topological polar surface area (TPSA) is 44.1 Å². The molecule has 1 fully saturated rings. The number of hydrogen-bond donors (Lipinski definition) is 0. The third-order valence-electron chi connectivity index (χ3n) is 6.15. The zero-order valence-corrected chi connectivity index (χ0v) is 21.5. The highest BCUT2D eigenvalue weighted by Gasteiger charge is 2.33. The maximum absolute atomic E-state index is 11.6. The van der Waals surface area contributed by atoms with E-state index in [0.717, 1.165) is 24.9 Å². The van der Waals surface area contributed by atoms with Gasteiger partial charge in [0.1, 0.15) is 6.07 Å². The van der Waals surface area contributed by atoms with E-state index in [1.807, 2.05) is 24.0 Å². The van der Waals surface area contributed by atoms with Crippen molar-refractivity contribution in [3.8, 4) is 6.07 Å². The van der Waals surface area contributed by atoms with Crippen LogP contribution in [0.25, 0.3) is 0 Å². The van der Waals surface area contributed by atoms with E-state index >= 15 is 0 Å². The Bertz CT molecular complexity index is 901. The average molecular weight is 455 g/mol. The predicted molar refractivity (Wildman–Crippen MR) is 136 cm³/mol. The number of hydrogen-bond acceptors (Lipinski definition) is 2. The van der Waals surface area contributed by atoms with Crippen molar-refractivity contribution in [1.82, 2.24) is 4.90 Å². The number of nitriles is 1. The Morgan fingerprint density at radius 1 is 1.12 bits per heavy atom. The molecule has 0 spiro atoms. The maximum atomic E-state index is 11.6. The molecule has 0 aliphatic carbocycles. The Labute approximate surface area is 200 Å². The van der Waals surface area contributed by atoms with Gasteiger partial charge in [-0.1, -0.05) is 69.1 Å². The van der Waals surface area contributed by atoms with Crippen LogP contribution in [-0.2, 0) is 11.2 Å². The van der Waals surface area contributed by atoms with Gasteiger partial charge in [-0.25, -0.2) is 0 Å². The zero-order valence-electron chi connectivity index (χ0n) is 20.8. The van der Waals surface area contributed by atoms with Crippen LogP contribution in [0.3, 0.4) is 0 Å². The molecule has 0 aromatic heterocycles. The minimum atomic E-state index is 0.348. The van der Waals surface area contributed by atoms with Crippen LogP contribution in [-0.4, -0.2) is 23.4 Å². The van der Waals surface area contributed by atoms with Gasteiger partial charge in [-0.3, -0.25) is 4.79 Å². The van der Waals surface area contributed by atoms with Crippen LogP contribution in [0.2, 0.25) is 5.02 Å². The van der Waals surface area contributed by atoms with E-state index in [2.05, 4.69) is 65.8 Å². The van der Waals surface area contributed by atoms with Crippen LogP contribution in [0.4, 0.5) is 0 Å². The van der Waals surface area contributed by atoms with E-state index < -0.39 is 0 Å². The number of likely N-dealkylation sites (tertiary alicyclic amines) is 1. The molecular formula is C28H39ClN2O. The summed E-state index contributed by atoms with van der Waals surface area (Å²) in [6.07, 6.45) is 3.10. The monoisotopic (exact) mass is 454 g/mol. The van der Waals surface area contributed by atoms with Crippen molar-refractivity contribution in [1.29, 1.82) is 5.26 Å². The predicted octanol–water partition coefficient (Wildman–Crippen LogP) is 7.37. The van der Waals surface area contributed by atoms with Crippen molar-refractivity contribution in [2.45, 2.75) is 73.8 Å². The van der Waals surface area contributed by atoms with Crippen LogP contribution < -0.4 is 0 Å². The Morgan fingerprint density at radius 2 is 1.78 bits per heavy atom. The molecule has 3 rings (SSSR count). The zero-order chi connectivity index (χ0) is 24.3. The van der Waals surface area contributed by atoms with Gasteiger partial charge in [-0.05, 0) is 74.8 Å². The van der Waals surface area contributed by atoms with Gasteiger partial charge >= 0.3 is 0 Å². The summed E-state index contributed by atoms with van der Waals surface area (Å²) in [6.45, 7) is 15.9. The molecule has 4 heteroatoms. The summed E-state index contributed by atoms with van der Waals surface area (Å²) in [5.74, 6) is 1.63. The SMILES string of the molecule is CCC(C)C1CC(=O)N(C(C)C)C1.CCc1ccccc1C.Cc1ccc(C#N)c(Cl)c1. The number of aryl methyl sites for hydroxylation is 3. The number of nitrogens with zero attached hydrogens (tertiary/aromatic N) is 2. The minimum Gasteiger partial charge on any atom is -0.340 e. The summed E-state index contributed by atoms with van der Waals surface area (Å²) in [6, 6.07) is 16.2. The van der Waals surface area contributed by atoms with Crippen LogP contribution in [0.5, 0.6) is 0 Å². The van der Waals surface area contributed by atoms with Gasteiger partial charge < -0.3 is 4.90 Å².